The fourth-order valence-electron chi connectivity index (χ4n) is 4.40. The minimum atomic E-state index is -0.0172. The smallest absolute Gasteiger partial charge is 0.251 e. The average molecular weight is 383 g/mol. The van der Waals surface area contributed by atoms with Crippen LogP contribution in [-0.4, -0.2) is 17.4 Å². The molecule has 1 aliphatic heterocycles. The number of benzene rings is 2. The second kappa shape index (κ2) is 7.70. The Morgan fingerprint density at radius 3 is 2.62 bits per heavy atom. The molecule has 2 aliphatic rings. The first-order chi connectivity index (χ1) is 14.3. The second-order valence-electron chi connectivity index (χ2n) is 7.98. The summed E-state index contributed by atoms with van der Waals surface area (Å²) in [5, 5.41) is 3.03. The molecule has 1 aliphatic carbocycles. The number of carbonyl (C=O) groups is 1. The number of hydrogen-bond donors (Lipinski definition) is 1. The third kappa shape index (κ3) is 3.75. The van der Waals surface area contributed by atoms with Crippen molar-refractivity contribution in [2.75, 3.05) is 11.4 Å². The molecular formula is C25H25N3O. The van der Waals surface area contributed by atoms with Gasteiger partial charge in [-0.05, 0) is 71.7 Å². The SMILES string of the molecule is O=C(NCc1ccc(N2CCc3ccccc3C2)nc1)c1ccc2c(c1)CCC2. The maximum atomic E-state index is 12.5. The monoisotopic (exact) mass is 383 g/mol. The van der Waals surface area contributed by atoms with Crippen molar-refractivity contribution < 1.29 is 4.79 Å². The number of nitrogens with zero attached hydrogens (tertiary/aromatic N) is 2. The van der Waals surface area contributed by atoms with E-state index < -0.39 is 0 Å². The van der Waals surface area contributed by atoms with Crippen molar-refractivity contribution in [3.63, 3.8) is 0 Å². The van der Waals surface area contributed by atoms with Crippen molar-refractivity contribution >= 4 is 11.7 Å². The number of pyridine rings is 1. The van der Waals surface area contributed by atoms with Gasteiger partial charge in [0.15, 0.2) is 0 Å². The molecule has 0 spiro atoms. The molecule has 0 unspecified atom stereocenters. The van der Waals surface area contributed by atoms with Crippen molar-refractivity contribution in [1.82, 2.24) is 10.3 Å². The lowest BCUT2D eigenvalue weighted by molar-refractivity contribution is 0.0951. The zero-order valence-corrected chi connectivity index (χ0v) is 16.5. The lowest BCUT2D eigenvalue weighted by Gasteiger charge is -2.29. The molecule has 5 rings (SSSR count). The van der Waals surface area contributed by atoms with Gasteiger partial charge in [0.1, 0.15) is 5.82 Å². The molecule has 0 radical (unpaired) electrons. The molecule has 4 nitrogen and oxygen atoms in total. The number of carbonyl (C=O) groups excluding carboxylic acids is 1. The lowest BCUT2D eigenvalue weighted by atomic mass is 10.00. The molecule has 0 saturated heterocycles. The summed E-state index contributed by atoms with van der Waals surface area (Å²) in [5.41, 5.74) is 7.30. The molecule has 1 N–H and O–H groups in total. The predicted octanol–water partition coefficient (Wildman–Crippen LogP) is 4.06. The molecule has 1 aromatic heterocycles. The fourth-order valence-corrected chi connectivity index (χ4v) is 4.40. The highest BCUT2D eigenvalue weighted by atomic mass is 16.1. The Morgan fingerprint density at radius 1 is 0.931 bits per heavy atom. The van der Waals surface area contributed by atoms with E-state index in [1.165, 1.54) is 28.7 Å². The summed E-state index contributed by atoms with van der Waals surface area (Å²) >= 11 is 0. The summed E-state index contributed by atoms with van der Waals surface area (Å²) in [6.07, 6.45) is 6.34. The normalized spacial score (nSPS) is 15.0. The highest BCUT2D eigenvalue weighted by molar-refractivity contribution is 5.94. The summed E-state index contributed by atoms with van der Waals surface area (Å²) in [7, 11) is 0. The van der Waals surface area contributed by atoms with Gasteiger partial charge in [0, 0.05) is 31.4 Å². The van der Waals surface area contributed by atoms with Gasteiger partial charge in [-0.1, -0.05) is 36.4 Å². The number of aromatic nitrogens is 1. The number of hydrogen-bond acceptors (Lipinski definition) is 3. The van der Waals surface area contributed by atoms with Crippen LogP contribution in [0.1, 0.15) is 44.6 Å². The molecule has 3 aromatic rings. The van der Waals surface area contributed by atoms with Gasteiger partial charge in [0.05, 0.1) is 0 Å². The average Bonchev–Trinajstić information content (AvgIpc) is 3.25. The molecule has 0 saturated carbocycles. The molecule has 2 heterocycles. The molecular weight excluding hydrogens is 358 g/mol. The first-order valence-electron chi connectivity index (χ1n) is 10.4. The first-order valence-corrected chi connectivity index (χ1v) is 10.4. The minimum Gasteiger partial charge on any atom is -0.352 e. The van der Waals surface area contributed by atoms with Gasteiger partial charge in [-0.25, -0.2) is 4.98 Å². The number of anilines is 1. The summed E-state index contributed by atoms with van der Waals surface area (Å²) in [6, 6.07) is 18.8. The number of aryl methyl sites for hydroxylation is 2. The molecule has 0 fully saturated rings. The zero-order valence-electron chi connectivity index (χ0n) is 16.5. The number of nitrogens with one attached hydrogen (secondary N) is 1. The van der Waals surface area contributed by atoms with Crippen LogP contribution in [0.3, 0.4) is 0 Å². The van der Waals surface area contributed by atoms with Crippen LogP contribution in [0.25, 0.3) is 0 Å². The van der Waals surface area contributed by atoms with E-state index in [0.29, 0.717) is 6.54 Å². The Kier molecular flexibility index (Phi) is 4.76. The Hall–Kier alpha value is -3.14. The van der Waals surface area contributed by atoms with Crippen LogP contribution in [0, 0.1) is 0 Å². The van der Waals surface area contributed by atoms with E-state index in [9.17, 15) is 4.79 Å². The van der Waals surface area contributed by atoms with Gasteiger partial charge >= 0.3 is 0 Å². The van der Waals surface area contributed by atoms with Crippen LogP contribution in [0.15, 0.2) is 60.8 Å². The largest absolute Gasteiger partial charge is 0.352 e. The lowest BCUT2D eigenvalue weighted by Crippen LogP contribution is -2.31. The Labute approximate surface area is 171 Å². The van der Waals surface area contributed by atoms with Gasteiger partial charge in [0.2, 0.25) is 0 Å². The summed E-state index contributed by atoms with van der Waals surface area (Å²) in [4.78, 5) is 19.5. The summed E-state index contributed by atoms with van der Waals surface area (Å²) in [5.74, 6) is 0.976. The van der Waals surface area contributed by atoms with Crippen LogP contribution < -0.4 is 10.2 Å². The van der Waals surface area contributed by atoms with Gasteiger partial charge < -0.3 is 10.2 Å². The van der Waals surface area contributed by atoms with E-state index in [1.807, 2.05) is 18.3 Å². The molecule has 0 atom stereocenters. The van der Waals surface area contributed by atoms with Gasteiger partial charge in [-0.15, -0.1) is 0 Å². The molecule has 2 aromatic carbocycles. The highest BCUT2D eigenvalue weighted by Gasteiger charge is 2.17. The number of fused-ring (bicyclic) bond motifs is 2. The van der Waals surface area contributed by atoms with Crippen LogP contribution >= 0.6 is 0 Å². The van der Waals surface area contributed by atoms with Gasteiger partial charge in [-0.2, -0.15) is 0 Å². The highest BCUT2D eigenvalue weighted by Crippen LogP contribution is 2.24. The van der Waals surface area contributed by atoms with Crippen LogP contribution in [0.4, 0.5) is 5.82 Å². The van der Waals surface area contributed by atoms with Crippen molar-refractivity contribution in [1.29, 1.82) is 0 Å². The minimum absolute atomic E-state index is 0.0172. The Morgan fingerprint density at radius 2 is 1.76 bits per heavy atom. The maximum absolute atomic E-state index is 12.5. The van der Waals surface area contributed by atoms with Crippen molar-refractivity contribution in [2.24, 2.45) is 0 Å². The van der Waals surface area contributed by atoms with E-state index in [4.69, 9.17) is 0 Å². The maximum Gasteiger partial charge on any atom is 0.251 e. The first kappa shape index (κ1) is 17.9. The topological polar surface area (TPSA) is 45.2 Å². The van der Waals surface area contributed by atoms with Crippen molar-refractivity contribution in [2.45, 2.75) is 38.8 Å². The van der Waals surface area contributed by atoms with E-state index in [2.05, 4.69) is 57.7 Å². The predicted molar refractivity (Wildman–Crippen MR) is 115 cm³/mol. The van der Waals surface area contributed by atoms with Crippen molar-refractivity contribution in [3.05, 3.63) is 94.2 Å². The zero-order chi connectivity index (χ0) is 19.6. The fraction of sp³-hybridized carbons (Fsp3) is 0.280. The third-order valence-electron chi connectivity index (χ3n) is 6.08. The van der Waals surface area contributed by atoms with Crippen LogP contribution in [0.5, 0.6) is 0 Å². The molecule has 0 bridgehead atoms. The van der Waals surface area contributed by atoms with Crippen LogP contribution in [-0.2, 0) is 32.4 Å². The van der Waals surface area contributed by atoms with E-state index in [1.54, 1.807) is 0 Å². The third-order valence-corrected chi connectivity index (χ3v) is 6.08. The molecule has 4 heteroatoms. The van der Waals surface area contributed by atoms with Gasteiger partial charge in [-0.3, -0.25) is 4.79 Å². The number of rotatable bonds is 4. The quantitative estimate of drug-likeness (QED) is 0.739. The van der Waals surface area contributed by atoms with Crippen LogP contribution in [0.2, 0.25) is 0 Å². The molecule has 146 valence electrons. The second-order valence-corrected chi connectivity index (χ2v) is 7.98. The van der Waals surface area contributed by atoms with E-state index in [0.717, 1.165) is 49.3 Å². The molecule has 29 heavy (non-hydrogen) atoms. The Bertz CT molecular complexity index is 1040. The molecule has 1 amide bonds. The van der Waals surface area contributed by atoms with Crippen molar-refractivity contribution in [3.8, 4) is 0 Å². The summed E-state index contributed by atoms with van der Waals surface area (Å²) in [6.45, 7) is 2.38. The Balaban J connectivity index is 1.20. The van der Waals surface area contributed by atoms with E-state index in [-0.39, 0.29) is 5.91 Å². The number of amides is 1. The van der Waals surface area contributed by atoms with Gasteiger partial charge in [0.25, 0.3) is 5.91 Å². The standard InChI is InChI=1S/C25H25N3O/c29-25(22-10-9-19-6-3-7-21(19)14-22)27-16-18-8-11-24(26-15-18)28-13-12-20-4-1-2-5-23(20)17-28/h1-2,4-5,8-11,14-15H,3,6-7,12-13,16-17H2,(H,27,29). The summed E-state index contributed by atoms with van der Waals surface area (Å²) < 4.78 is 0. The van der Waals surface area contributed by atoms with E-state index >= 15 is 0 Å².